The lowest BCUT2D eigenvalue weighted by Crippen LogP contribution is -1.93. The van der Waals surface area contributed by atoms with E-state index in [1.165, 1.54) is 13.2 Å². The van der Waals surface area contributed by atoms with E-state index in [9.17, 15) is 4.79 Å². The van der Waals surface area contributed by atoms with Gasteiger partial charge in [0.15, 0.2) is 0 Å². The predicted molar refractivity (Wildman–Crippen MR) is 57.2 cm³/mol. The van der Waals surface area contributed by atoms with E-state index in [2.05, 4.69) is 4.74 Å². The minimum absolute atomic E-state index is 0.450. The van der Waals surface area contributed by atoms with E-state index in [1.807, 2.05) is 6.07 Å². The van der Waals surface area contributed by atoms with Crippen molar-refractivity contribution >= 4 is 23.6 Å². The highest BCUT2D eigenvalue weighted by Gasteiger charge is 1.97. The molecule has 1 aromatic carbocycles. The number of methoxy groups -OCH3 is 1. The highest BCUT2D eigenvalue weighted by atomic mass is 35.5. The van der Waals surface area contributed by atoms with Crippen molar-refractivity contribution in [2.75, 3.05) is 7.11 Å². The Balaban J connectivity index is 2.96. The Bertz CT molecular complexity index is 446. The van der Waals surface area contributed by atoms with Crippen LogP contribution in [0.15, 0.2) is 24.3 Å². The number of hydrogen-bond acceptors (Lipinski definition) is 3. The summed E-state index contributed by atoms with van der Waals surface area (Å²) in [6.07, 6.45) is 2.81. The molecular weight excluding hydrogens is 214 g/mol. The number of nitrogens with zero attached hydrogens (tertiary/aromatic N) is 1. The van der Waals surface area contributed by atoms with E-state index in [-0.39, 0.29) is 0 Å². The van der Waals surface area contributed by atoms with Crippen molar-refractivity contribution in [2.24, 2.45) is 0 Å². The quantitative estimate of drug-likeness (QED) is 0.569. The molecule has 0 saturated heterocycles. The molecule has 76 valence electrons. The molecular formula is C11H8ClNO2. The van der Waals surface area contributed by atoms with Gasteiger partial charge in [0.1, 0.15) is 0 Å². The molecule has 0 aliphatic carbocycles. The topological polar surface area (TPSA) is 50.1 Å². The van der Waals surface area contributed by atoms with E-state index in [4.69, 9.17) is 16.9 Å². The second-order valence-corrected chi connectivity index (χ2v) is 3.18. The van der Waals surface area contributed by atoms with Gasteiger partial charge in [0, 0.05) is 11.1 Å². The van der Waals surface area contributed by atoms with Gasteiger partial charge in [-0.15, -0.1) is 0 Å². The van der Waals surface area contributed by atoms with E-state index >= 15 is 0 Å². The van der Waals surface area contributed by atoms with Crippen molar-refractivity contribution in [3.05, 3.63) is 40.4 Å². The third-order valence-electron chi connectivity index (χ3n) is 1.66. The monoisotopic (exact) mass is 221 g/mol. The van der Waals surface area contributed by atoms with Gasteiger partial charge in [-0.05, 0) is 29.8 Å². The molecule has 15 heavy (non-hydrogen) atoms. The molecule has 0 radical (unpaired) electrons. The van der Waals surface area contributed by atoms with Gasteiger partial charge in [-0.2, -0.15) is 5.26 Å². The molecule has 0 atom stereocenters. The number of benzene rings is 1. The van der Waals surface area contributed by atoms with Crippen LogP contribution in [0.2, 0.25) is 5.02 Å². The third-order valence-corrected chi connectivity index (χ3v) is 1.88. The van der Waals surface area contributed by atoms with Crippen molar-refractivity contribution in [1.82, 2.24) is 0 Å². The zero-order chi connectivity index (χ0) is 11.3. The average Bonchev–Trinajstić information content (AvgIpc) is 2.25. The van der Waals surface area contributed by atoms with Crippen LogP contribution >= 0.6 is 11.6 Å². The van der Waals surface area contributed by atoms with E-state index in [1.54, 1.807) is 24.3 Å². The maximum absolute atomic E-state index is 10.8. The summed E-state index contributed by atoms with van der Waals surface area (Å²) in [6, 6.07) is 6.81. The number of hydrogen-bond donors (Lipinski definition) is 0. The maximum atomic E-state index is 10.8. The first-order valence-electron chi connectivity index (χ1n) is 4.12. The Morgan fingerprint density at radius 1 is 1.53 bits per heavy atom. The standard InChI is InChI=1S/C11H8ClNO2/c1-15-11(14)3-2-8-4-9(7-13)6-10(12)5-8/h2-6H,1H3. The second-order valence-electron chi connectivity index (χ2n) is 2.74. The van der Waals surface area contributed by atoms with Gasteiger partial charge in [0.2, 0.25) is 0 Å². The molecule has 0 fully saturated rings. The minimum Gasteiger partial charge on any atom is -0.466 e. The van der Waals surface area contributed by atoms with Gasteiger partial charge in [0.05, 0.1) is 18.7 Å². The van der Waals surface area contributed by atoms with E-state index in [0.717, 1.165) is 0 Å². The van der Waals surface area contributed by atoms with Gasteiger partial charge >= 0.3 is 5.97 Å². The highest BCUT2D eigenvalue weighted by molar-refractivity contribution is 6.30. The first-order valence-corrected chi connectivity index (χ1v) is 4.50. The van der Waals surface area contributed by atoms with Crippen LogP contribution in [-0.2, 0) is 9.53 Å². The summed E-state index contributed by atoms with van der Waals surface area (Å²) in [7, 11) is 1.30. The summed E-state index contributed by atoms with van der Waals surface area (Å²) in [6.45, 7) is 0. The van der Waals surface area contributed by atoms with Crippen molar-refractivity contribution in [3.8, 4) is 6.07 Å². The lowest BCUT2D eigenvalue weighted by Gasteiger charge is -1.96. The summed E-state index contributed by atoms with van der Waals surface area (Å²) < 4.78 is 4.44. The predicted octanol–water partition coefficient (Wildman–Crippen LogP) is 2.40. The van der Waals surface area contributed by atoms with Crippen LogP contribution in [0.3, 0.4) is 0 Å². The number of carbonyl (C=O) groups excluding carboxylic acids is 1. The summed E-state index contributed by atoms with van der Waals surface area (Å²) in [5.74, 6) is -0.450. The molecule has 0 unspecified atom stereocenters. The number of carbonyl (C=O) groups is 1. The van der Waals surface area contributed by atoms with Crippen LogP contribution in [0.1, 0.15) is 11.1 Å². The van der Waals surface area contributed by atoms with Gasteiger partial charge in [-0.3, -0.25) is 0 Å². The van der Waals surface area contributed by atoms with Gasteiger partial charge in [-0.1, -0.05) is 11.6 Å². The second kappa shape index (κ2) is 5.18. The maximum Gasteiger partial charge on any atom is 0.330 e. The molecule has 1 aromatic rings. The van der Waals surface area contributed by atoms with Crippen LogP contribution in [0.4, 0.5) is 0 Å². The molecule has 0 aliphatic rings. The third kappa shape index (κ3) is 3.45. The van der Waals surface area contributed by atoms with Crippen molar-refractivity contribution in [3.63, 3.8) is 0 Å². The summed E-state index contributed by atoms with van der Waals surface area (Å²) in [5, 5.41) is 9.14. The highest BCUT2D eigenvalue weighted by Crippen LogP contribution is 2.15. The van der Waals surface area contributed by atoms with Gasteiger partial charge < -0.3 is 4.74 Å². The molecule has 3 nitrogen and oxygen atoms in total. The lowest BCUT2D eigenvalue weighted by molar-refractivity contribution is -0.134. The first-order chi connectivity index (χ1) is 7.15. The Morgan fingerprint density at radius 2 is 2.27 bits per heavy atom. The Labute approximate surface area is 92.5 Å². The number of halogens is 1. The van der Waals surface area contributed by atoms with Gasteiger partial charge in [0.25, 0.3) is 0 Å². The molecule has 0 spiro atoms. The SMILES string of the molecule is COC(=O)C=Cc1cc(Cl)cc(C#N)c1. The summed E-state index contributed by atoms with van der Waals surface area (Å²) in [4.78, 5) is 10.8. The molecule has 0 bridgehead atoms. The fourth-order valence-electron chi connectivity index (χ4n) is 1.01. The molecule has 4 heteroatoms. The molecule has 1 rings (SSSR count). The van der Waals surface area contributed by atoms with Crippen LogP contribution in [0.5, 0.6) is 0 Å². The van der Waals surface area contributed by atoms with Crippen molar-refractivity contribution < 1.29 is 9.53 Å². The van der Waals surface area contributed by atoms with E-state index < -0.39 is 5.97 Å². The van der Waals surface area contributed by atoms with Crippen LogP contribution in [-0.4, -0.2) is 13.1 Å². The lowest BCUT2D eigenvalue weighted by atomic mass is 10.1. The zero-order valence-corrected chi connectivity index (χ0v) is 8.78. The number of rotatable bonds is 2. The smallest absolute Gasteiger partial charge is 0.330 e. The summed E-state index contributed by atoms with van der Waals surface area (Å²) >= 11 is 5.78. The number of ether oxygens (including phenoxy) is 1. The molecule has 0 amide bonds. The minimum atomic E-state index is -0.450. The number of nitriles is 1. The molecule has 0 heterocycles. The largest absolute Gasteiger partial charge is 0.466 e. The fourth-order valence-corrected chi connectivity index (χ4v) is 1.25. The Kier molecular flexibility index (Phi) is 3.90. The van der Waals surface area contributed by atoms with Crippen molar-refractivity contribution in [2.45, 2.75) is 0 Å². The Hall–Kier alpha value is -1.79. The molecule has 0 saturated carbocycles. The normalized spacial score (nSPS) is 9.93. The fraction of sp³-hybridized carbons (Fsp3) is 0.0909. The number of esters is 1. The van der Waals surface area contributed by atoms with Crippen LogP contribution in [0.25, 0.3) is 6.08 Å². The van der Waals surface area contributed by atoms with Crippen molar-refractivity contribution in [1.29, 1.82) is 5.26 Å². The summed E-state index contributed by atoms with van der Waals surface area (Å²) in [5.41, 5.74) is 1.14. The molecule has 0 aromatic heterocycles. The van der Waals surface area contributed by atoms with Crippen LogP contribution < -0.4 is 0 Å². The molecule has 0 N–H and O–H groups in total. The van der Waals surface area contributed by atoms with Crippen LogP contribution in [0, 0.1) is 11.3 Å². The molecule has 0 aliphatic heterocycles. The van der Waals surface area contributed by atoms with Gasteiger partial charge in [-0.25, -0.2) is 4.79 Å². The zero-order valence-electron chi connectivity index (χ0n) is 8.03. The first kappa shape index (κ1) is 11.3. The van der Waals surface area contributed by atoms with E-state index in [0.29, 0.717) is 16.1 Å². The Morgan fingerprint density at radius 3 is 2.87 bits per heavy atom. The average molecular weight is 222 g/mol.